The van der Waals surface area contributed by atoms with Crippen LogP contribution in [0.5, 0.6) is 0 Å². The summed E-state index contributed by atoms with van der Waals surface area (Å²) >= 11 is 3.38. The molecule has 0 aliphatic heterocycles. The number of nitrogens with zero attached hydrogens (tertiary/aromatic N) is 2. The summed E-state index contributed by atoms with van der Waals surface area (Å²) in [7, 11) is 0. The topological polar surface area (TPSA) is 72.9 Å². The highest BCUT2D eigenvalue weighted by Gasteiger charge is 2.14. The number of halogens is 1. The van der Waals surface area contributed by atoms with Gasteiger partial charge in [0.1, 0.15) is 0 Å². The molecule has 0 aliphatic rings. The fourth-order valence-electron chi connectivity index (χ4n) is 2.31. The van der Waals surface area contributed by atoms with E-state index in [1.54, 1.807) is 6.20 Å². The zero-order chi connectivity index (χ0) is 16.8. The Labute approximate surface area is 145 Å². The third-order valence-corrected chi connectivity index (χ3v) is 3.92. The van der Waals surface area contributed by atoms with E-state index in [9.17, 15) is 4.79 Å². The molecule has 1 aromatic heterocycles. The Bertz CT molecular complexity index is 636. The average molecular weight is 379 g/mol. The van der Waals surface area contributed by atoms with Crippen molar-refractivity contribution in [1.82, 2.24) is 9.78 Å². The maximum absolute atomic E-state index is 12.0. The minimum absolute atomic E-state index is 0.132. The molecule has 0 aliphatic carbocycles. The van der Waals surface area contributed by atoms with Crippen LogP contribution in [0.3, 0.4) is 0 Å². The molecule has 2 aromatic rings. The van der Waals surface area contributed by atoms with E-state index in [2.05, 4.69) is 40.2 Å². The summed E-state index contributed by atoms with van der Waals surface area (Å²) in [6.07, 6.45) is 5.29. The van der Waals surface area contributed by atoms with E-state index in [1.165, 1.54) is 5.56 Å². The number of carbonyl (C=O) groups is 1. The smallest absolute Gasteiger partial charge is 0.241 e. The zero-order valence-corrected chi connectivity index (χ0v) is 15.1. The van der Waals surface area contributed by atoms with E-state index in [-0.39, 0.29) is 5.91 Å². The van der Waals surface area contributed by atoms with Crippen LogP contribution in [0.15, 0.2) is 41.1 Å². The summed E-state index contributed by atoms with van der Waals surface area (Å²) in [5.41, 5.74) is 7.86. The van der Waals surface area contributed by atoms with Gasteiger partial charge in [-0.2, -0.15) is 5.10 Å². The third kappa shape index (κ3) is 5.80. The molecular formula is C17H23BrN4O. The average Bonchev–Trinajstić information content (AvgIpc) is 2.91. The molecule has 23 heavy (non-hydrogen) atoms. The Balaban J connectivity index is 1.85. The molecular weight excluding hydrogens is 356 g/mol. The van der Waals surface area contributed by atoms with Gasteiger partial charge in [-0.05, 0) is 52.4 Å². The van der Waals surface area contributed by atoms with Crippen LogP contribution in [0, 0.1) is 5.92 Å². The second-order valence-electron chi connectivity index (χ2n) is 6.09. The lowest BCUT2D eigenvalue weighted by molar-refractivity contribution is -0.117. The van der Waals surface area contributed by atoms with E-state index in [0.29, 0.717) is 12.3 Å². The van der Waals surface area contributed by atoms with Crippen molar-refractivity contribution in [2.24, 2.45) is 11.7 Å². The van der Waals surface area contributed by atoms with Crippen molar-refractivity contribution < 1.29 is 4.79 Å². The number of aryl methyl sites for hydroxylation is 2. The lowest BCUT2D eigenvalue weighted by Crippen LogP contribution is -2.36. The summed E-state index contributed by atoms with van der Waals surface area (Å²) in [4.78, 5) is 12.0. The van der Waals surface area contributed by atoms with Gasteiger partial charge in [-0.1, -0.05) is 26.0 Å². The number of carbonyl (C=O) groups excluding carboxylic acids is 1. The van der Waals surface area contributed by atoms with Crippen LogP contribution in [-0.4, -0.2) is 21.7 Å². The molecule has 5 nitrogen and oxygen atoms in total. The van der Waals surface area contributed by atoms with Crippen molar-refractivity contribution in [2.75, 3.05) is 5.32 Å². The van der Waals surface area contributed by atoms with E-state index in [0.717, 1.165) is 23.1 Å². The van der Waals surface area contributed by atoms with Crippen LogP contribution in [0.1, 0.15) is 25.8 Å². The highest BCUT2D eigenvalue weighted by Crippen LogP contribution is 2.13. The zero-order valence-electron chi connectivity index (χ0n) is 13.5. The molecule has 0 bridgehead atoms. The second kappa shape index (κ2) is 8.26. The molecule has 124 valence electrons. The number of rotatable bonds is 7. The van der Waals surface area contributed by atoms with Crippen LogP contribution in [-0.2, 0) is 17.8 Å². The summed E-state index contributed by atoms with van der Waals surface area (Å²) in [5, 5.41) is 7.09. The van der Waals surface area contributed by atoms with Gasteiger partial charge in [0.25, 0.3) is 0 Å². The van der Waals surface area contributed by atoms with Crippen LogP contribution in [0.25, 0.3) is 0 Å². The number of hydrogen-bond donors (Lipinski definition) is 2. The second-order valence-corrected chi connectivity index (χ2v) is 7.01. The van der Waals surface area contributed by atoms with Crippen molar-refractivity contribution in [2.45, 2.75) is 39.3 Å². The molecule has 2 rings (SSSR count). The van der Waals surface area contributed by atoms with Gasteiger partial charge in [0, 0.05) is 18.4 Å². The first-order chi connectivity index (χ1) is 10.9. The van der Waals surface area contributed by atoms with E-state index in [4.69, 9.17) is 5.73 Å². The van der Waals surface area contributed by atoms with Crippen molar-refractivity contribution in [3.05, 3.63) is 46.7 Å². The van der Waals surface area contributed by atoms with Gasteiger partial charge in [-0.15, -0.1) is 0 Å². The number of hydrogen-bond acceptors (Lipinski definition) is 3. The lowest BCUT2D eigenvalue weighted by Gasteiger charge is -2.14. The maximum atomic E-state index is 12.0. The molecule has 0 saturated heterocycles. The van der Waals surface area contributed by atoms with Crippen molar-refractivity contribution in [1.29, 1.82) is 0 Å². The number of nitrogens with one attached hydrogen (secondary N) is 1. The number of aromatic nitrogens is 2. The predicted molar refractivity (Wildman–Crippen MR) is 96.1 cm³/mol. The van der Waals surface area contributed by atoms with Crippen LogP contribution < -0.4 is 11.1 Å². The Morgan fingerprint density at radius 2 is 2.04 bits per heavy atom. The van der Waals surface area contributed by atoms with Crippen molar-refractivity contribution in [3.8, 4) is 0 Å². The van der Waals surface area contributed by atoms with Gasteiger partial charge in [-0.25, -0.2) is 0 Å². The Kier molecular flexibility index (Phi) is 6.36. The Morgan fingerprint density at radius 1 is 1.35 bits per heavy atom. The first kappa shape index (κ1) is 17.7. The largest absolute Gasteiger partial charge is 0.325 e. The third-order valence-electron chi connectivity index (χ3n) is 3.51. The van der Waals surface area contributed by atoms with Gasteiger partial charge in [0.2, 0.25) is 5.91 Å². The fraction of sp³-hybridized carbons (Fsp3) is 0.412. The molecule has 0 unspecified atom stereocenters. The SMILES string of the molecule is CC(C)C[C@@H](N)C(=O)Nc1ccc(CCn2cc(Br)cn2)cc1. The van der Waals surface area contributed by atoms with Crippen molar-refractivity contribution >= 4 is 27.5 Å². The highest BCUT2D eigenvalue weighted by atomic mass is 79.9. The number of benzene rings is 1. The highest BCUT2D eigenvalue weighted by molar-refractivity contribution is 9.10. The summed E-state index contributed by atoms with van der Waals surface area (Å²) in [6, 6.07) is 7.39. The van der Waals surface area contributed by atoms with Gasteiger partial charge < -0.3 is 11.1 Å². The standard InChI is InChI=1S/C17H23BrN4O/c1-12(2)9-16(19)17(23)21-15-5-3-13(4-6-15)7-8-22-11-14(18)10-20-22/h3-6,10-12,16H,7-9,19H2,1-2H3,(H,21,23)/t16-/m1/s1. The maximum Gasteiger partial charge on any atom is 0.241 e. The minimum atomic E-state index is -0.465. The molecule has 0 saturated carbocycles. The summed E-state index contributed by atoms with van der Waals surface area (Å²) < 4.78 is 2.87. The Morgan fingerprint density at radius 3 is 2.61 bits per heavy atom. The predicted octanol–water partition coefficient (Wildman–Crippen LogP) is 3.20. The van der Waals surface area contributed by atoms with E-state index in [1.807, 2.05) is 35.1 Å². The number of amides is 1. The van der Waals surface area contributed by atoms with Gasteiger partial charge in [0.15, 0.2) is 0 Å². The fourth-order valence-corrected chi connectivity index (χ4v) is 2.64. The number of nitrogens with two attached hydrogens (primary N) is 1. The van der Waals surface area contributed by atoms with Crippen LogP contribution >= 0.6 is 15.9 Å². The molecule has 0 radical (unpaired) electrons. The lowest BCUT2D eigenvalue weighted by atomic mass is 10.0. The molecule has 1 amide bonds. The van der Waals surface area contributed by atoms with Gasteiger partial charge in [-0.3, -0.25) is 9.48 Å². The first-order valence-electron chi connectivity index (χ1n) is 7.77. The number of anilines is 1. The first-order valence-corrected chi connectivity index (χ1v) is 8.56. The van der Waals surface area contributed by atoms with E-state index >= 15 is 0 Å². The van der Waals surface area contributed by atoms with Crippen LogP contribution in [0.2, 0.25) is 0 Å². The summed E-state index contributed by atoms with van der Waals surface area (Å²) in [5.74, 6) is 0.272. The minimum Gasteiger partial charge on any atom is -0.325 e. The molecule has 0 spiro atoms. The van der Waals surface area contributed by atoms with E-state index < -0.39 is 6.04 Å². The molecule has 6 heteroatoms. The van der Waals surface area contributed by atoms with Crippen LogP contribution in [0.4, 0.5) is 5.69 Å². The van der Waals surface area contributed by atoms with Gasteiger partial charge in [0.05, 0.1) is 16.7 Å². The molecule has 3 N–H and O–H groups in total. The Hall–Kier alpha value is -1.66. The normalized spacial score (nSPS) is 12.4. The van der Waals surface area contributed by atoms with Crippen molar-refractivity contribution in [3.63, 3.8) is 0 Å². The monoisotopic (exact) mass is 378 g/mol. The molecule has 1 atom stereocenters. The molecule has 1 heterocycles. The van der Waals surface area contributed by atoms with Gasteiger partial charge >= 0.3 is 0 Å². The molecule has 0 fully saturated rings. The molecule has 1 aromatic carbocycles. The quantitative estimate of drug-likeness (QED) is 0.776. The summed E-state index contributed by atoms with van der Waals surface area (Å²) in [6.45, 7) is 4.93.